The van der Waals surface area contributed by atoms with Gasteiger partial charge in [0.05, 0.1) is 13.4 Å². The van der Waals surface area contributed by atoms with Gasteiger partial charge in [0.15, 0.2) is 17.9 Å². The monoisotopic (exact) mass is 206 g/mol. The second kappa shape index (κ2) is 4.04. The highest BCUT2D eigenvalue weighted by atomic mass is 16.6. The van der Waals surface area contributed by atoms with Crippen molar-refractivity contribution < 1.29 is 18.7 Å². The van der Waals surface area contributed by atoms with E-state index in [4.69, 9.17) is 9.15 Å². The highest BCUT2D eigenvalue weighted by Crippen LogP contribution is 2.26. The maximum atomic E-state index is 10.9. The van der Waals surface area contributed by atoms with E-state index >= 15 is 0 Å². The van der Waals surface area contributed by atoms with Crippen LogP contribution in [0.25, 0.3) is 11.0 Å². The molecule has 0 amide bonds. The van der Waals surface area contributed by atoms with Gasteiger partial charge in [-0.1, -0.05) is 12.1 Å². The summed E-state index contributed by atoms with van der Waals surface area (Å²) in [5, 5.41) is 0.942. The van der Waals surface area contributed by atoms with Crippen molar-refractivity contribution in [3.05, 3.63) is 30.5 Å². The Hall–Kier alpha value is -1.97. The number of hydrogen-bond donors (Lipinski definition) is 0. The molecule has 0 aliphatic rings. The summed E-state index contributed by atoms with van der Waals surface area (Å²) in [5.41, 5.74) is 0.640. The maximum absolute atomic E-state index is 10.9. The van der Waals surface area contributed by atoms with Gasteiger partial charge in [-0.3, -0.25) is 0 Å². The fourth-order valence-electron chi connectivity index (χ4n) is 1.27. The van der Waals surface area contributed by atoms with Crippen LogP contribution in [0.5, 0.6) is 5.75 Å². The maximum Gasteiger partial charge on any atom is 0.343 e. The molecule has 0 aliphatic heterocycles. The third-order valence-electron chi connectivity index (χ3n) is 2.02. The molecule has 78 valence electrons. The molecule has 0 saturated heterocycles. The molecule has 15 heavy (non-hydrogen) atoms. The summed E-state index contributed by atoms with van der Waals surface area (Å²) >= 11 is 0. The molecule has 2 rings (SSSR count). The Morgan fingerprint density at radius 3 is 3.07 bits per heavy atom. The fourth-order valence-corrected chi connectivity index (χ4v) is 1.27. The van der Waals surface area contributed by atoms with Crippen LogP contribution in [0.2, 0.25) is 0 Å². The number of esters is 1. The van der Waals surface area contributed by atoms with E-state index in [-0.39, 0.29) is 6.61 Å². The predicted molar refractivity (Wildman–Crippen MR) is 53.7 cm³/mol. The number of benzene rings is 1. The van der Waals surface area contributed by atoms with Gasteiger partial charge in [-0.05, 0) is 12.1 Å². The lowest BCUT2D eigenvalue weighted by Crippen LogP contribution is -2.12. The molecule has 1 aromatic heterocycles. The average molecular weight is 206 g/mol. The number of carbonyl (C=O) groups is 1. The molecular weight excluding hydrogens is 196 g/mol. The minimum atomic E-state index is -0.418. The summed E-state index contributed by atoms with van der Waals surface area (Å²) in [6, 6.07) is 7.32. The van der Waals surface area contributed by atoms with Crippen LogP contribution in [0, 0.1) is 0 Å². The summed E-state index contributed by atoms with van der Waals surface area (Å²) in [6.45, 7) is -0.115. The molecule has 1 aromatic carbocycles. The van der Waals surface area contributed by atoms with Crippen LogP contribution >= 0.6 is 0 Å². The number of furan rings is 1. The van der Waals surface area contributed by atoms with E-state index in [9.17, 15) is 4.79 Å². The van der Waals surface area contributed by atoms with E-state index in [1.807, 2.05) is 18.2 Å². The summed E-state index contributed by atoms with van der Waals surface area (Å²) in [6.07, 6.45) is 1.58. The van der Waals surface area contributed by atoms with Crippen LogP contribution in [0.1, 0.15) is 0 Å². The lowest BCUT2D eigenvalue weighted by atomic mass is 10.2. The summed E-state index contributed by atoms with van der Waals surface area (Å²) in [7, 11) is 1.32. The smallest absolute Gasteiger partial charge is 0.343 e. The summed E-state index contributed by atoms with van der Waals surface area (Å²) < 4.78 is 15.0. The second-order valence-electron chi connectivity index (χ2n) is 2.96. The van der Waals surface area contributed by atoms with Gasteiger partial charge >= 0.3 is 5.97 Å². The first-order chi connectivity index (χ1) is 7.31. The molecule has 0 saturated carbocycles. The largest absolute Gasteiger partial charge is 0.478 e. The number of ether oxygens (including phenoxy) is 2. The number of para-hydroxylation sites is 1. The van der Waals surface area contributed by atoms with E-state index in [1.54, 1.807) is 12.3 Å². The Kier molecular flexibility index (Phi) is 2.58. The Morgan fingerprint density at radius 2 is 2.27 bits per heavy atom. The van der Waals surface area contributed by atoms with Gasteiger partial charge in [0, 0.05) is 5.39 Å². The molecule has 4 nitrogen and oxygen atoms in total. The van der Waals surface area contributed by atoms with Gasteiger partial charge in [0.2, 0.25) is 0 Å². The number of rotatable bonds is 3. The molecule has 0 fully saturated rings. The molecule has 0 aliphatic carbocycles. The van der Waals surface area contributed by atoms with Crippen molar-refractivity contribution in [2.45, 2.75) is 0 Å². The van der Waals surface area contributed by atoms with Crippen molar-refractivity contribution >= 4 is 16.9 Å². The third kappa shape index (κ3) is 1.93. The van der Waals surface area contributed by atoms with E-state index in [0.717, 1.165) is 5.39 Å². The first-order valence-electron chi connectivity index (χ1n) is 4.47. The summed E-state index contributed by atoms with van der Waals surface area (Å²) in [5.74, 6) is 0.126. The van der Waals surface area contributed by atoms with Crippen LogP contribution in [0.15, 0.2) is 34.9 Å². The van der Waals surface area contributed by atoms with E-state index in [2.05, 4.69) is 4.74 Å². The van der Waals surface area contributed by atoms with Crippen LogP contribution in [-0.4, -0.2) is 19.7 Å². The Labute approximate surface area is 86.4 Å². The van der Waals surface area contributed by atoms with E-state index in [1.165, 1.54) is 7.11 Å². The highest BCUT2D eigenvalue weighted by molar-refractivity contribution is 5.83. The first-order valence-corrected chi connectivity index (χ1v) is 4.47. The zero-order valence-corrected chi connectivity index (χ0v) is 8.23. The number of carbonyl (C=O) groups excluding carboxylic acids is 1. The second-order valence-corrected chi connectivity index (χ2v) is 2.96. The van der Waals surface area contributed by atoms with Crippen LogP contribution < -0.4 is 4.74 Å². The van der Waals surface area contributed by atoms with Crippen molar-refractivity contribution in [1.29, 1.82) is 0 Å². The zero-order valence-electron chi connectivity index (χ0n) is 8.23. The minimum Gasteiger partial charge on any atom is -0.478 e. The van der Waals surface area contributed by atoms with Crippen LogP contribution in [0.4, 0.5) is 0 Å². The van der Waals surface area contributed by atoms with Crippen LogP contribution in [-0.2, 0) is 9.53 Å². The van der Waals surface area contributed by atoms with Gasteiger partial charge in [-0.2, -0.15) is 0 Å². The van der Waals surface area contributed by atoms with E-state index in [0.29, 0.717) is 11.3 Å². The van der Waals surface area contributed by atoms with Gasteiger partial charge < -0.3 is 13.9 Å². The third-order valence-corrected chi connectivity index (χ3v) is 2.02. The van der Waals surface area contributed by atoms with Crippen molar-refractivity contribution in [2.75, 3.05) is 13.7 Å². The molecule has 0 spiro atoms. The van der Waals surface area contributed by atoms with E-state index < -0.39 is 5.97 Å². The van der Waals surface area contributed by atoms with Crippen molar-refractivity contribution in [1.82, 2.24) is 0 Å². The average Bonchev–Trinajstić information content (AvgIpc) is 2.74. The quantitative estimate of drug-likeness (QED) is 0.720. The first kappa shape index (κ1) is 9.58. The Morgan fingerprint density at radius 1 is 1.40 bits per heavy atom. The highest BCUT2D eigenvalue weighted by Gasteiger charge is 2.07. The topological polar surface area (TPSA) is 48.7 Å². The molecule has 0 bridgehead atoms. The van der Waals surface area contributed by atoms with Crippen molar-refractivity contribution in [2.24, 2.45) is 0 Å². The Balaban J connectivity index is 2.20. The number of fused-ring (bicyclic) bond motifs is 1. The normalized spacial score (nSPS) is 10.2. The molecule has 2 aromatic rings. The van der Waals surface area contributed by atoms with Gasteiger partial charge in [0.25, 0.3) is 0 Å². The fraction of sp³-hybridized carbons (Fsp3) is 0.182. The minimum absolute atomic E-state index is 0.115. The summed E-state index contributed by atoms with van der Waals surface area (Å²) in [4.78, 5) is 10.9. The predicted octanol–water partition coefficient (Wildman–Crippen LogP) is 1.98. The van der Waals surface area contributed by atoms with Crippen LogP contribution in [0.3, 0.4) is 0 Å². The van der Waals surface area contributed by atoms with Crippen molar-refractivity contribution in [3.63, 3.8) is 0 Å². The molecule has 0 radical (unpaired) electrons. The van der Waals surface area contributed by atoms with Gasteiger partial charge in [0.1, 0.15) is 0 Å². The molecule has 0 unspecified atom stereocenters. The Bertz CT molecular complexity index is 472. The number of hydrogen-bond acceptors (Lipinski definition) is 4. The molecule has 0 N–H and O–H groups in total. The van der Waals surface area contributed by atoms with Gasteiger partial charge in [-0.25, -0.2) is 4.79 Å². The van der Waals surface area contributed by atoms with Gasteiger partial charge in [-0.15, -0.1) is 0 Å². The SMILES string of the molecule is COC(=O)COc1cccc2ccoc12. The molecule has 1 heterocycles. The lowest BCUT2D eigenvalue weighted by Gasteiger charge is -2.04. The standard InChI is InChI=1S/C11H10O4/c1-13-10(12)7-15-9-4-2-3-8-5-6-14-11(8)9/h2-6H,7H2,1H3. The molecule has 4 heteroatoms. The zero-order chi connectivity index (χ0) is 10.7. The lowest BCUT2D eigenvalue weighted by molar-refractivity contribution is -0.142. The van der Waals surface area contributed by atoms with Crippen molar-refractivity contribution in [3.8, 4) is 5.75 Å². The molecular formula is C11H10O4. The molecule has 0 atom stereocenters. The number of methoxy groups -OCH3 is 1.